The summed E-state index contributed by atoms with van der Waals surface area (Å²) in [6.45, 7) is 3.88. The summed E-state index contributed by atoms with van der Waals surface area (Å²) < 4.78 is 5.87. The number of hydrogen-bond donors (Lipinski definition) is 1. The van der Waals surface area contributed by atoms with Crippen molar-refractivity contribution < 1.29 is 14.0 Å². The molecule has 2 aliphatic heterocycles. The zero-order chi connectivity index (χ0) is 19.7. The summed E-state index contributed by atoms with van der Waals surface area (Å²) in [7, 11) is 0. The van der Waals surface area contributed by atoms with E-state index in [1.165, 1.54) is 17.4 Å². The predicted molar refractivity (Wildman–Crippen MR) is 112 cm³/mol. The van der Waals surface area contributed by atoms with Crippen molar-refractivity contribution in [2.24, 2.45) is 0 Å². The number of aryl methyl sites for hydroxylation is 1. The van der Waals surface area contributed by atoms with Gasteiger partial charge in [-0.1, -0.05) is 17.7 Å². The lowest BCUT2D eigenvalue weighted by molar-refractivity contribution is -0.122. The van der Waals surface area contributed by atoms with E-state index in [1.807, 2.05) is 25.1 Å². The van der Waals surface area contributed by atoms with E-state index in [2.05, 4.69) is 10.2 Å². The second-order valence-electron chi connectivity index (χ2n) is 7.02. The van der Waals surface area contributed by atoms with Gasteiger partial charge in [0.15, 0.2) is 11.0 Å². The third kappa shape index (κ3) is 3.57. The maximum atomic E-state index is 13.0. The Morgan fingerprint density at radius 3 is 2.46 bits per heavy atom. The summed E-state index contributed by atoms with van der Waals surface area (Å²) in [6.07, 6.45) is 4.99. The summed E-state index contributed by atoms with van der Waals surface area (Å²) in [5.74, 6) is 0.250. The molecular formula is C21H21N3O3S. The van der Waals surface area contributed by atoms with Crippen LogP contribution >= 0.6 is 12.2 Å². The van der Waals surface area contributed by atoms with Crippen LogP contribution in [0.3, 0.4) is 0 Å². The van der Waals surface area contributed by atoms with Crippen molar-refractivity contribution in [1.82, 2.24) is 5.32 Å². The molecule has 0 spiro atoms. The second kappa shape index (κ2) is 7.59. The molecule has 2 fully saturated rings. The fourth-order valence-corrected chi connectivity index (χ4v) is 3.71. The van der Waals surface area contributed by atoms with E-state index in [4.69, 9.17) is 16.6 Å². The Morgan fingerprint density at radius 2 is 1.75 bits per heavy atom. The first kappa shape index (κ1) is 18.4. The highest BCUT2D eigenvalue weighted by molar-refractivity contribution is 7.80. The quantitative estimate of drug-likeness (QED) is 0.490. The highest BCUT2D eigenvalue weighted by Crippen LogP contribution is 2.26. The number of carbonyl (C=O) groups excluding carboxylic acids is 2. The molecule has 2 aliphatic rings. The van der Waals surface area contributed by atoms with E-state index in [9.17, 15) is 9.59 Å². The Kier molecular flexibility index (Phi) is 5.00. The number of thiocarbonyl (C=S) groups is 1. The van der Waals surface area contributed by atoms with Gasteiger partial charge in [0.05, 0.1) is 5.69 Å². The Balaban J connectivity index is 1.61. The molecule has 0 bridgehead atoms. The number of nitrogens with one attached hydrogen (secondary N) is 1. The fraction of sp³-hybridized carbons (Fsp3) is 0.286. The van der Waals surface area contributed by atoms with Crippen molar-refractivity contribution in [1.29, 1.82) is 0 Å². The van der Waals surface area contributed by atoms with Gasteiger partial charge in [-0.15, -0.1) is 0 Å². The lowest BCUT2D eigenvalue weighted by atomic mass is 10.1. The van der Waals surface area contributed by atoms with Crippen molar-refractivity contribution >= 4 is 46.8 Å². The number of anilines is 2. The van der Waals surface area contributed by atoms with Gasteiger partial charge < -0.3 is 9.32 Å². The van der Waals surface area contributed by atoms with Gasteiger partial charge >= 0.3 is 0 Å². The van der Waals surface area contributed by atoms with Crippen LogP contribution in [0.1, 0.15) is 30.6 Å². The van der Waals surface area contributed by atoms with Crippen molar-refractivity contribution in [3.8, 4) is 0 Å². The average Bonchev–Trinajstić information content (AvgIpc) is 3.16. The number of rotatable bonds is 3. The topological polar surface area (TPSA) is 65.8 Å². The van der Waals surface area contributed by atoms with Crippen molar-refractivity contribution in [2.45, 2.75) is 26.2 Å². The molecule has 144 valence electrons. The van der Waals surface area contributed by atoms with Gasteiger partial charge in [0.25, 0.3) is 11.8 Å². The minimum atomic E-state index is -0.519. The third-order valence-corrected chi connectivity index (χ3v) is 5.25. The molecule has 7 heteroatoms. The molecule has 0 unspecified atom stereocenters. The van der Waals surface area contributed by atoms with Gasteiger partial charge in [0.2, 0.25) is 0 Å². The van der Waals surface area contributed by atoms with Gasteiger partial charge in [-0.3, -0.25) is 19.8 Å². The molecule has 1 aromatic carbocycles. The van der Waals surface area contributed by atoms with E-state index in [0.717, 1.165) is 37.4 Å². The van der Waals surface area contributed by atoms with E-state index in [1.54, 1.807) is 18.2 Å². The monoisotopic (exact) mass is 395 g/mol. The molecule has 4 rings (SSSR count). The van der Waals surface area contributed by atoms with Crippen molar-refractivity contribution in [2.75, 3.05) is 22.9 Å². The van der Waals surface area contributed by atoms with Gasteiger partial charge in [-0.25, -0.2) is 0 Å². The number of carbonyl (C=O) groups is 2. The largest absolute Gasteiger partial charge is 0.441 e. The Morgan fingerprint density at radius 1 is 1.04 bits per heavy atom. The van der Waals surface area contributed by atoms with Crippen LogP contribution in [0.15, 0.2) is 46.4 Å². The van der Waals surface area contributed by atoms with E-state index in [0.29, 0.717) is 11.4 Å². The maximum Gasteiger partial charge on any atom is 0.270 e. The number of hydrogen-bond acceptors (Lipinski definition) is 5. The molecular weight excluding hydrogens is 374 g/mol. The summed E-state index contributed by atoms with van der Waals surface area (Å²) in [5, 5.41) is 2.66. The van der Waals surface area contributed by atoms with Crippen molar-refractivity contribution in [3.05, 3.63) is 53.3 Å². The first-order valence-corrected chi connectivity index (χ1v) is 9.77. The first-order valence-electron chi connectivity index (χ1n) is 9.36. The lowest BCUT2D eigenvalue weighted by Crippen LogP contribution is -2.54. The molecule has 3 heterocycles. The molecule has 1 aromatic heterocycles. The molecule has 1 N–H and O–H groups in total. The van der Waals surface area contributed by atoms with Crippen molar-refractivity contribution in [3.63, 3.8) is 0 Å². The van der Waals surface area contributed by atoms with Crippen LogP contribution in [0.25, 0.3) is 6.08 Å². The predicted octanol–water partition coefficient (Wildman–Crippen LogP) is 3.41. The first-order chi connectivity index (χ1) is 13.5. The van der Waals surface area contributed by atoms with Gasteiger partial charge in [0, 0.05) is 19.2 Å². The number of amides is 2. The average molecular weight is 395 g/mol. The summed E-state index contributed by atoms with van der Waals surface area (Å²) in [5.41, 5.74) is 1.67. The number of piperidine rings is 1. The maximum absolute atomic E-state index is 13.0. The van der Waals surface area contributed by atoms with E-state index >= 15 is 0 Å². The van der Waals surface area contributed by atoms with Crippen LogP contribution in [-0.4, -0.2) is 30.0 Å². The van der Waals surface area contributed by atoms with Crippen LogP contribution < -0.4 is 15.1 Å². The Hall–Kier alpha value is -2.93. The third-order valence-electron chi connectivity index (χ3n) is 4.96. The van der Waals surface area contributed by atoms with Crippen LogP contribution in [0.4, 0.5) is 11.6 Å². The lowest BCUT2D eigenvalue weighted by Gasteiger charge is -2.28. The Bertz CT molecular complexity index is 956. The van der Waals surface area contributed by atoms with Gasteiger partial charge in [-0.05, 0) is 62.7 Å². The zero-order valence-electron chi connectivity index (χ0n) is 15.6. The van der Waals surface area contributed by atoms with Crippen LogP contribution in [0.2, 0.25) is 0 Å². The molecule has 2 aromatic rings. The standard InChI is InChI=1S/C21H21N3O3S/c1-14-5-7-15(8-6-14)24-20(26)17(19(25)22-21(24)28)13-16-9-10-18(27-16)23-11-3-2-4-12-23/h5-10,13H,2-4,11-12H2,1H3,(H,22,25,28)/b17-13+. The Labute approximate surface area is 168 Å². The molecule has 28 heavy (non-hydrogen) atoms. The molecule has 0 atom stereocenters. The fourth-order valence-electron chi connectivity index (χ4n) is 3.43. The number of nitrogens with zero attached hydrogens (tertiary/aromatic N) is 2. The van der Waals surface area contributed by atoms with E-state index in [-0.39, 0.29) is 10.7 Å². The summed E-state index contributed by atoms with van der Waals surface area (Å²) in [4.78, 5) is 28.9. The molecule has 0 aliphatic carbocycles. The van der Waals surface area contributed by atoms with Crippen LogP contribution in [0, 0.1) is 6.92 Å². The molecule has 2 amide bonds. The smallest absolute Gasteiger partial charge is 0.270 e. The minimum Gasteiger partial charge on any atom is -0.441 e. The summed E-state index contributed by atoms with van der Waals surface area (Å²) >= 11 is 5.22. The molecule has 0 radical (unpaired) electrons. The van der Waals surface area contributed by atoms with E-state index < -0.39 is 11.8 Å². The van der Waals surface area contributed by atoms with Gasteiger partial charge in [0.1, 0.15) is 11.3 Å². The highest BCUT2D eigenvalue weighted by atomic mass is 32.1. The van der Waals surface area contributed by atoms with Crippen LogP contribution in [0.5, 0.6) is 0 Å². The summed E-state index contributed by atoms with van der Waals surface area (Å²) in [6, 6.07) is 11.0. The highest BCUT2D eigenvalue weighted by Gasteiger charge is 2.34. The molecule has 6 nitrogen and oxygen atoms in total. The van der Waals surface area contributed by atoms with Gasteiger partial charge in [-0.2, -0.15) is 0 Å². The molecule has 0 saturated carbocycles. The number of furan rings is 1. The molecule has 2 saturated heterocycles. The minimum absolute atomic E-state index is 0.00582. The SMILES string of the molecule is Cc1ccc(N2C(=O)/C(=C/c3ccc(N4CCCCC4)o3)C(=O)NC2=S)cc1. The normalized spacial score (nSPS) is 19.3. The number of benzene rings is 1. The van der Waals surface area contributed by atoms with Crippen LogP contribution in [-0.2, 0) is 9.59 Å². The second-order valence-corrected chi connectivity index (χ2v) is 7.40. The zero-order valence-corrected chi connectivity index (χ0v) is 16.4.